The van der Waals surface area contributed by atoms with Crippen molar-refractivity contribution in [2.75, 3.05) is 21.3 Å². The molecular weight excluding hydrogens is 258 g/mol. The maximum Gasteiger partial charge on any atom is 0.500 e. The molecule has 0 unspecified atom stereocenters. The second kappa shape index (κ2) is 9.20. The molecule has 1 aromatic rings. The topological polar surface area (TPSA) is 40.6 Å². The van der Waals surface area contributed by atoms with Crippen molar-refractivity contribution in [1.82, 2.24) is 4.98 Å². The van der Waals surface area contributed by atoms with Crippen molar-refractivity contribution >= 4 is 8.80 Å². The maximum absolute atomic E-state index is 5.40. The summed E-state index contributed by atoms with van der Waals surface area (Å²) in [6, 6.07) is 5.01. The van der Waals surface area contributed by atoms with E-state index in [9.17, 15) is 0 Å². The SMILES string of the molecule is CO[Si](CCCCCCc1cccnc1)(OC)OC. The van der Waals surface area contributed by atoms with E-state index in [0.29, 0.717) is 0 Å². The third-order valence-electron chi connectivity index (χ3n) is 3.35. The van der Waals surface area contributed by atoms with E-state index in [1.807, 2.05) is 18.5 Å². The van der Waals surface area contributed by atoms with Gasteiger partial charge < -0.3 is 13.3 Å². The molecule has 108 valence electrons. The fraction of sp³-hybridized carbons (Fsp3) is 0.643. The molecule has 0 spiro atoms. The van der Waals surface area contributed by atoms with Crippen LogP contribution in [0.3, 0.4) is 0 Å². The average molecular weight is 283 g/mol. The Morgan fingerprint density at radius 2 is 1.68 bits per heavy atom. The highest BCUT2D eigenvalue weighted by molar-refractivity contribution is 6.60. The summed E-state index contributed by atoms with van der Waals surface area (Å²) in [5.41, 5.74) is 1.32. The van der Waals surface area contributed by atoms with Crippen molar-refractivity contribution in [3.05, 3.63) is 30.1 Å². The highest BCUT2D eigenvalue weighted by atomic mass is 28.4. The predicted octanol–water partition coefficient (Wildman–Crippen LogP) is 3.06. The van der Waals surface area contributed by atoms with Crippen LogP contribution >= 0.6 is 0 Å². The van der Waals surface area contributed by atoms with Crippen LogP contribution in [0.4, 0.5) is 0 Å². The molecule has 19 heavy (non-hydrogen) atoms. The van der Waals surface area contributed by atoms with Gasteiger partial charge in [-0.1, -0.05) is 18.9 Å². The molecule has 0 saturated carbocycles. The minimum Gasteiger partial charge on any atom is -0.377 e. The molecule has 0 atom stereocenters. The molecule has 0 aliphatic rings. The molecule has 0 bridgehead atoms. The van der Waals surface area contributed by atoms with Crippen LogP contribution in [0.2, 0.25) is 6.04 Å². The van der Waals surface area contributed by atoms with Crippen LogP contribution in [0.25, 0.3) is 0 Å². The van der Waals surface area contributed by atoms with Crippen molar-refractivity contribution < 1.29 is 13.3 Å². The van der Waals surface area contributed by atoms with Crippen molar-refractivity contribution in [2.45, 2.75) is 38.1 Å². The molecular formula is C14H25NO3Si. The highest BCUT2D eigenvalue weighted by Gasteiger charge is 2.36. The van der Waals surface area contributed by atoms with E-state index in [4.69, 9.17) is 13.3 Å². The summed E-state index contributed by atoms with van der Waals surface area (Å²) >= 11 is 0. The Hall–Kier alpha value is -0.753. The van der Waals surface area contributed by atoms with Gasteiger partial charge in [0.25, 0.3) is 0 Å². The number of pyridine rings is 1. The van der Waals surface area contributed by atoms with E-state index in [2.05, 4.69) is 11.1 Å². The van der Waals surface area contributed by atoms with Gasteiger partial charge >= 0.3 is 8.80 Å². The number of nitrogens with zero attached hydrogens (tertiary/aromatic N) is 1. The first-order chi connectivity index (χ1) is 9.26. The zero-order valence-corrected chi connectivity index (χ0v) is 13.2. The Labute approximate surface area is 117 Å². The lowest BCUT2D eigenvalue weighted by Gasteiger charge is -2.24. The Morgan fingerprint density at radius 1 is 1.00 bits per heavy atom. The van der Waals surface area contributed by atoms with Gasteiger partial charge in [0.1, 0.15) is 0 Å². The average Bonchev–Trinajstić information content (AvgIpc) is 2.48. The van der Waals surface area contributed by atoms with Crippen LogP contribution in [0.1, 0.15) is 31.2 Å². The van der Waals surface area contributed by atoms with Gasteiger partial charge in [0.2, 0.25) is 0 Å². The van der Waals surface area contributed by atoms with Crippen LogP contribution < -0.4 is 0 Å². The summed E-state index contributed by atoms with van der Waals surface area (Å²) in [5.74, 6) is 0. The largest absolute Gasteiger partial charge is 0.500 e. The van der Waals surface area contributed by atoms with Crippen LogP contribution in [0.5, 0.6) is 0 Å². The lowest BCUT2D eigenvalue weighted by molar-refractivity contribution is 0.122. The summed E-state index contributed by atoms with van der Waals surface area (Å²) in [7, 11) is 2.65. The molecule has 4 nitrogen and oxygen atoms in total. The Balaban J connectivity index is 2.11. The van der Waals surface area contributed by atoms with Gasteiger partial charge in [-0.3, -0.25) is 4.98 Å². The van der Waals surface area contributed by atoms with E-state index < -0.39 is 8.80 Å². The van der Waals surface area contributed by atoms with Gasteiger partial charge in [0.05, 0.1) is 0 Å². The molecule has 1 heterocycles. The summed E-state index contributed by atoms with van der Waals surface area (Å²) in [6.07, 6.45) is 9.56. The quantitative estimate of drug-likeness (QED) is 0.489. The molecule has 0 aliphatic carbocycles. The molecule has 0 N–H and O–H groups in total. The van der Waals surface area contributed by atoms with Gasteiger partial charge in [-0.25, -0.2) is 0 Å². The molecule has 0 amide bonds. The monoisotopic (exact) mass is 283 g/mol. The molecule has 0 fully saturated rings. The van der Waals surface area contributed by atoms with Crippen molar-refractivity contribution in [1.29, 1.82) is 0 Å². The zero-order chi connectivity index (χ0) is 14.0. The Kier molecular flexibility index (Phi) is 7.89. The van der Waals surface area contributed by atoms with E-state index in [1.165, 1.54) is 24.8 Å². The lowest BCUT2D eigenvalue weighted by Crippen LogP contribution is -2.42. The van der Waals surface area contributed by atoms with Crippen LogP contribution in [0, 0.1) is 0 Å². The summed E-state index contributed by atoms with van der Waals surface area (Å²) in [4.78, 5) is 4.12. The molecule has 0 aromatic carbocycles. The van der Waals surface area contributed by atoms with E-state index >= 15 is 0 Å². The van der Waals surface area contributed by atoms with Gasteiger partial charge in [0, 0.05) is 39.8 Å². The molecule has 0 radical (unpaired) electrons. The third-order valence-corrected chi connectivity index (χ3v) is 6.19. The summed E-state index contributed by atoms with van der Waals surface area (Å²) in [6.45, 7) is 0. The second-order valence-corrected chi connectivity index (χ2v) is 7.66. The normalized spacial score (nSPS) is 11.7. The standard InChI is InChI=1S/C14H25NO3Si/c1-16-19(17-2,18-3)12-7-5-4-6-9-14-10-8-11-15-13-14/h8,10-11,13H,4-7,9,12H2,1-3H3. The molecule has 1 aromatic heterocycles. The number of aromatic nitrogens is 1. The van der Waals surface area contributed by atoms with E-state index in [-0.39, 0.29) is 0 Å². The van der Waals surface area contributed by atoms with E-state index in [0.717, 1.165) is 18.9 Å². The lowest BCUT2D eigenvalue weighted by atomic mass is 10.1. The second-order valence-electron chi connectivity index (χ2n) is 4.57. The summed E-state index contributed by atoms with van der Waals surface area (Å²) < 4.78 is 16.2. The first kappa shape index (κ1) is 16.3. The molecule has 1 rings (SSSR count). The number of rotatable bonds is 10. The zero-order valence-electron chi connectivity index (χ0n) is 12.2. The highest BCUT2D eigenvalue weighted by Crippen LogP contribution is 2.18. The predicted molar refractivity (Wildman–Crippen MR) is 78.0 cm³/mol. The van der Waals surface area contributed by atoms with Gasteiger partial charge in [-0.05, 0) is 30.9 Å². The van der Waals surface area contributed by atoms with Crippen molar-refractivity contribution in [3.8, 4) is 0 Å². The number of unbranched alkanes of at least 4 members (excludes halogenated alkanes) is 3. The van der Waals surface area contributed by atoms with Gasteiger partial charge in [-0.2, -0.15) is 0 Å². The van der Waals surface area contributed by atoms with Crippen LogP contribution in [-0.2, 0) is 19.7 Å². The fourth-order valence-electron chi connectivity index (χ4n) is 2.13. The Bertz CT molecular complexity index is 322. The minimum atomic E-state index is -2.35. The minimum absolute atomic E-state index is 0.892. The molecule has 0 saturated heterocycles. The first-order valence-corrected chi connectivity index (χ1v) is 8.74. The van der Waals surface area contributed by atoms with E-state index in [1.54, 1.807) is 21.3 Å². The molecule has 0 aliphatic heterocycles. The Morgan fingerprint density at radius 3 is 2.26 bits per heavy atom. The van der Waals surface area contributed by atoms with Crippen LogP contribution in [0.15, 0.2) is 24.5 Å². The summed E-state index contributed by atoms with van der Waals surface area (Å²) in [5, 5.41) is 0. The van der Waals surface area contributed by atoms with Crippen molar-refractivity contribution in [2.24, 2.45) is 0 Å². The smallest absolute Gasteiger partial charge is 0.377 e. The number of hydrogen-bond donors (Lipinski definition) is 0. The van der Waals surface area contributed by atoms with Gasteiger partial charge in [0.15, 0.2) is 0 Å². The number of hydrogen-bond acceptors (Lipinski definition) is 4. The van der Waals surface area contributed by atoms with Crippen LogP contribution in [-0.4, -0.2) is 35.1 Å². The first-order valence-electron chi connectivity index (χ1n) is 6.80. The van der Waals surface area contributed by atoms with Crippen molar-refractivity contribution in [3.63, 3.8) is 0 Å². The fourth-order valence-corrected chi connectivity index (χ4v) is 3.92. The number of aryl methyl sites for hydroxylation is 1. The third kappa shape index (κ3) is 5.82. The molecule has 5 heteroatoms. The maximum atomic E-state index is 5.40. The van der Waals surface area contributed by atoms with Gasteiger partial charge in [-0.15, -0.1) is 0 Å².